The van der Waals surface area contributed by atoms with Gasteiger partial charge in [-0.05, 0) is 18.9 Å². The monoisotopic (exact) mass is 570 g/mol. The molecule has 12 heteroatoms. The zero-order chi connectivity index (χ0) is 30.1. The molecule has 220 valence electrons. The summed E-state index contributed by atoms with van der Waals surface area (Å²) >= 11 is 0. The Labute approximate surface area is 237 Å². The van der Waals surface area contributed by atoms with Gasteiger partial charge in [-0.15, -0.1) is 0 Å². The van der Waals surface area contributed by atoms with Gasteiger partial charge in [0.2, 0.25) is 5.75 Å². The molecule has 4 unspecified atom stereocenters. The van der Waals surface area contributed by atoms with Crippen LogP contribution in [0.3, 0.4) is 0 Å². The number of esters is 4. The fourth-order valence-electron chi connectivity index (χ4n) is 4.01. The highest BCUT2D eigenvalue weighted by molar-refractivity contribution is 5.99. The Balaban J connectivity index is 1.90. The van der Waals surface area contributed by atoms with Crippen molar-refractivity contribution in [2.75, 3.05) is 13.7 Å². The third kappa shape index (κ3) is 8.03. The van der Waals surface area contributed by atoms with E-state index in [9.17, 15) is 24.0 Å². The van der Waals surface area contributed by atoms with Crippen LogP contribution in [0.15, 0.2) is 42.6 Å². The van der Waals surface area contributed by atoms with Crippen LogP contribution in [-0.4, -0.2) is 66.7 Å². The molecule has 0 saturated carbocycles. The van der Waals surface area contributed by atoms with E-state index < -0.39 is 66.5 Å². The first kappa shape index (κ1) is 31.1. The summed E-state index contributed by atoms with van der Waals surface area (Å²) in [7, 11) is 1.32. The average Bonchev–Trinajstić information content (AvgIpc) is 2.99. The van der Waals surface area contributed by atoms with Crippen molar-refractivity contribution < 1.29 is 47.7 Å². The second-order valence-corrected chi connectivity index (χ2v) is 9.67. The molecule has 1 N–H and O–H groups in total. The highest BCUT2D eigenvalue weighted by Crippen LogP contribution is 2.30. The Morgan fingerprint density at radius 2 is 1.80 bits per heavy atom. The number of benzene rings is 1. The van der Waals surface area contributed by atoms with Crippen molar-refractivity contribution in [3.63, 3.8) is 0 Å². The number of carbonyl (C=O) groups is 5. The number of rotatable bonds is 9. The molecule has 2 heterocycles. The van der Waals surface area contributed by atoms with Gasteiger partial charge < -0.3 is 29.0 Å². The average molecular weight is 571 g/mol. The maximum absolute atomic E-state index is 13.4. The molecule has 1 fully saturated rings. The number of methoxy groups -OCH3 is 1. The zero-order valence-corrected chi connectivity index (χ0v) is 23.6. The van der Waals surface area contributed by atoms with Crippen LogP contribution in [0.5, 0.6) is 11.5 Å². The predicted octanol–water partition coefficient (Wildman–Crippen LogP) is 2.42. The van der Waals surface area contributed by atoms with Gasteiger partial charge in [-0.25, -0.2) is 9.78 Å². The molecule has 1 amide bonds. The van der Waals surface area contributed by atoms with Crippen molar-refractivity contribution in [2.45, 2.75) is 58.8 Å². The van der Waals surface area contributed by atoms with Crippen LogP contribution in [-0.2, 0) is 39.8 Å². The molecule has 1 saturated heterocycles. The third-order valence-corrected chi connectivity index (χ3v) is 6.28. The summed E-state index contributed by atoms with van der Waals surface area (Å²) < 4.78 is 27.2. The maximum atomic E-state index is 13.4. The minimum Gasteiger partial charge on any atom is -0.493 e. The molecule has 0 radical (unpaired) electrons. The molecule has 0 aliphatic carbocycles. The van der Waals surface area contributed by atoms with Gasteiger partial charge in [-0.1, -0.05) is 51.1 Å². The lowest BCUT2D eigenvalue weighted by atomic mass is 9.91. The van der Waals surface area contributed by atoms with E-state index in [1.165, 1.54) is 26.3 Å². The van der Waals surface area contributed by atoms with E-state index in [-0.39, 0.29) is 30.0 Å². The fourth-order valence-corrected chi connectivity index (χ4v) is 4.01. The van der Waals surface area contributed by atoms with Crippen LogP contribution in [0.25, 0.3) is 0 Å². The van der Waals surface area contributed by atoms with E-state index in [1.54, 1.807) is 32.9 Å². The van der Waals surface area contributed by atoms with E-state index in [0.29, 0.717) is 0 Å². The molecule has 1 aliphatic rings. The molecule has 12 nitrogen and oxygen atoms in total. The minimum atomic E-state index is -1.45. The summed E-state index contributed by atoms with van der Waals surface area (Å²) in [5, 5.41) is 2.44. The lowest BCUT2D eigenvalue weighted by Gasteiger charge is -2.29. The number of amides is 1. The molecular weight excluding hydrogens is 536 g/mol. The molecular formula is C29H34N2O10. The van der Waals surface area contributed by atoms with Gasteiger partial charge in [0.25, 0.3) is 5.91 Å². The van der Waals surface area contributed by atoms with Crippen LogP contribution < -0.4 is 14.8 Å². The number of nitrogens with one attached hydrogen (secondary N) is 1. The second kappa shape index (κ2) is 14.2. The summed E-state index contributed by atoms with van der Waals surface area (Å²) in [6, 6.07) is 9.00. The molecule has 41 heavy (non-hydrogen) atoms. The first-order valence-corrected chi connectivity index (χ1v) is 13.2. The number of carbonyl (C=O) groups excluding carboxylic acids is 5. The molecule has 4 atom stereocenters. The highest BCUT2D eigenvalue weighted by atomic mass is 16.6. The van der Waals surface area contributed by atoms with Gasteiger partial charge in [0.05, 0.1) is 13.0 Å². The highest BCUT2D eigenvalue weighted by Gasteiger charge is 2.42. The normalized spacial score (nSPS) is 20.9. The van der Waals surface area contributed by atoms with Crippen molar-refractivity contribution in [2.24, 2.45) is 11.8 Å². The quantitative estimate of drug-likeness (QED) is 0.349. The van der Waals surface area contributed by atoms with Crippen LogP contribution in [0.1, 0.15) is 50.2 Å². The number of nitrogens with zero attached hydrogens (tertiary/aromatic N) is 1. The van der Waals surface area contributed by atoms with E-state index in [2.05, 4.69) is 10.3 Å². The second-order valence-electron chi connectivity index (χ2n) is 9.67. The minimum absolute atomic E-state index is 0.0224. The molecule has 3 rings (SSSR count). The SMILES string of the molecule is CCC(=O)Oc1c(OC)ccnc1C(=O)NC1COC(=O)C(Cc2ccccc2)C(OC(=O)C(C)C)C(C)OC1=O. The summed E-state index contributed by atoms with van der Waals surface area (Å²) in [5.74, 6) is -5.46. The maximum Gasteiger partial charge on any atom is 0.332 e. The topological polar surface area (TPSA) is 156 Å². The van der Waals surface area contributed by atoms with Gasteiger partial charge in [0.15, 0.2) is 23.6 Å². The van der Waals surface area contributed by atoms with Gasteiger partial charge in [0.1, 0.15) is 18.6 Å². The molecule has 1 aromatic carbocycles. The lowest BCUT2D eigenvalue weighted by Crippen LogP contribution is -2.47. The Bertz CT molecular complexity index is 1260. The number of ether oxygens (including phenoxy) is 5. The molecule has 1 aliphatic heterocycles. The summed E-state index contributed by atoms with van der Waals surface area (Å²) in [6.45, 7) is 5.79. The number of aromatic nitrogens is 1. The molecule has 2 aromatic rings. The van der Waals surface area contributed by atoms with Crippen molar-refractivity contribution in [1.29, 1.82) is 0 Å². The van der Waals surface area contributed by atoms with Gasteiger partial charge in [-0.3, -0.25) is 19.2 Å². The number of hydrogen-bond acceptors (Lipinski definition) is 11. The van der Waals surface area contributed by atoms with E-state index in [4.69, 9.17) is 23.7 Å². The van der Waals surface area contributed by atoms with E-state index in [1.807, 2.05) is 18.2 Å². The Hall–Kier alpha value is -4.48. The molecule has 0 spiro atoms. The van der Waals surface area contributed by atoms with E-state index >= 15 is 0 Å². The van der Waals surface area contributed by atoms with Gasteiger partial charge in [0, 0.05) is 18.7 Å². The smallest absolute Gasteiger partial charge is 0.332 e. The van der Waals surface area contributed by atoms with Crippen LogP contribution in [0.2, 0.25) is 0 Å². The molecule has 1 aromatic heterocycles. The molecule has 0 bridgehead atoms. The summed E-state index contributed by atoms with van der Waals surface area (Å²) in [5.41, 5.74) is 0.449. The number of pyridine rings is 1. The number of cyclic esters (lactones) is 2. The van der Waals surface area contributed by atoms with Crippen molar-refractivity contribution in [3.05, 3.63) is 53.9 Å². The zero-order valence-electron chi connectivity index (χ0n) is 23.6. The summed E-state index contributed by atoms with van der Waals surface area (Å²) in [4.78, 5) is 68.2. The van der Waals surface area contributed by atoms with Crippen molar-refractivity contribution in [1.82, 2.24) is 10.3 Å². The largest absolute Gasteiger partial charge is 0.493 e. The van der Waals surface area contributed by atoms with Crippen LogP contribution in [0, 0.1) is 11.8 Å². The number of hydrogen-bond donors (Lipinski definition) is 1. The van der Waals surface area contributed by atoms with Gasteiger partial charge >= 0.3 is 23.9 Å². The Morgan fingerprint density at radius 3 is 2.44 bits per heavy atom. The van der Waals surface area contributed by atoms with Crippen LogP contribution in [0.4, 0.5) is 0 Å². The van der Waals surface area contributed by atoms with Crippen molar-refractivity contribution in [3.8, 4) is 11.5 Å². The van der Waals surface area contributed by atoms with Gasteiger partial charge in [-0.2, -0.15) is 0 Å². The fraction of sp³-hybridized carbons (Fsp3) is 0.448. The Kier molecular flexibility index (Phi) is 10.8. The third-order valence-electron chi connectivity index (χ3n) is 6.28. The first-order chi connectivity index (χ1) is 19.5. The Morgan fingerprint density at radius 1 is 1.10 bits per heavy atom. The van der Waals surface area contributed by atoms with Crippen LogP contribution >= 0.6 is 0 Å². The first-order valence-electron chi connectivity index (χ1n) is 13.2. The van der Waals surface area contributed by atoms with Crippen molar-refractivity contribution >= 4 is 29.8 Å². The standard InChI is InChI=1S/C29H34N2O10/c1-6-22(32)40-25-21(37-5)12-13-30-23(25)26(33)31-20-15-38-28(35)19(14-18-10-8-7-9-11-18)24(17(4)39-29(20)36)41-27(34)16(2)3/h7-13,16-17,19-20,24H,6,14-15H2,1-5H3,(H,31,33). The predicted molar refractivity (Wildman–Crippen MR) is 143 cm³/mol. The lowest BCUT2D eigenvalue weighted by molar-refractivity contribution is -0.176. The summed E-state index contributed by atoms with van der Waals surface area (Å²) in [6.07, 6.45) is -0.790. The van der Waals surface area contributed by atoms with E-state index in [0.717, 1.165) is 5.56 Å².